The number of benzene rings is 2. The Morgan fingerprint density at radius 1 is 1.18 bits per heavy atom. The molecule has 1 N–H and O–H groups in total. The second-order valence-electron chi connectivity index (χ2n) is 4.47. The summed E-state index contributed by atoms with van der Waals surface area (Å²) in [6, 6.07) is 14.1. The van der Waals surface area contributed by atoms with Crippen molar-refractivity contribution in [2.24, 2.45) is 0 Å². The normalized spacial score (nSPS) is 10.5. The minimum atomic E-state index is -0.590. The molecule has 3 rings (SSSR count). The van der Waals surface area contributed by atoms with Gasteiger partial charge in [-0.3, -0.25) is 10.3 Å². The van der Waals surface area contributed by atoms with Crippen LogP contribution in [-0.2, 0) is 0 Å². The molecule has 0 fully saturated rings. The van der Waals surface area contributed by atoms with Crippen molar-refractivity contribution < 1.29 is 9.53 Å². The molecule has 1 heterocycles. The summed E-state index contributed by atoms with van der Waals surface area (Å²) < 4.78 is 6.20. The van der Waals surface area contributed by atoms with E-state index in [0.29, 0.717) is 22.0 Å². The highest BCUT2D eigenvalue weighted by Gasteiger charge is 2.11. The van der Waals surface area contributed by atoms with E-state index < -0.39 is 6.09 Å². The van der Waals surface area contributed by atoms with Crippen molar-refractivity contribution in [3.05, 3.63) is 64.2 Å². The molecule has 1 amide bonds. The first-order valence-electron chi connectivity index (χ1n) is 6.41. The quantitative estimate of drug-likeness (QED) is 0.662. The lowest BCUT2D eigenvalue weighted by molar-refractivity contribution is 0.215. The van der Waals surface area contributed by atoms with E-state index in [4.69, 9.17) is 16.3 Å². The second-order valence-corrected chi connectivity index (χ2v) is 5.79. The summed E-state index contributed by atoms with van der Waals surface area (Å²) in [6.07, 6.45) is 1.03. The van der Waals surface area contributed by atoms with Crippen LogP contribution in [0.2, 0.25) is 5.02 Å². The summed E-state index contributed by atoms with van der Waals surface area (Å²) in [4.78, 5) is 16.2. The minimum Gasteiger partial charge on any atom is -0.408 e. The molecule has 0 unspecified atom stereocenters. The highest BCUT2D eigenvalue weighted by atomic mass is 79.9. The summed E-state index contributed by atoms with van der Waals surface area (Å²) in [7, 11) is 0. The SMILES string of the molecule is O=C(Nc1cccc(Br)c1)Oc1ccc(Cl)c2cccnc12. The lowest BCUT2D eigenvalue weighted by Crippen LogP contribution is -2.17. The van der Waals surface area contributed by atoms with Crippen molar-refractivity contribution in [3.63, 3.8) is 0 Å². The van der Waals surface area contributed by atoms with E-state index in [2.05, 4.69) is 26.2 Å². The van der Waals surface area contributed by atoms with Crippen LogP contribution in [0.25, 0.3) is 10.9 Å². The molecule has 0 atom stereocenters. The standard InChI is InChI=1S/C16H10BrClN2O2/c17-10-3-1-4-11(9-10)20-16(21)22-14-7-6-13(18)12-5-2-8-19-15(12)14/h1-9H,(H,20,21). The topological polar surface area (TPSA) is 51.2 Å². The van der Waals surface area contributed by atoms with E-state index >= 15 is 0 Å². The molecular weight excluding hydrogens is 368 g/mol. The van der Waals surface area contributed by atoms with Crippen LogP contribution in [-0.4, -0.2) is 11.1 Å². The number of nitrogens with zero attached hydrogens (tertiary/aromatic N) is 1. The van der Waals surface area contributed by atoms with Gasteiger partial charge in [0.2, 0.25) is 0 Å². The summed E-state index contributed by atoms with van der Waals surface area (Å²) in [6.45, 7) is 0. The zero-order valence-corrected chi connectivity index (χ0v) is 13.6. The molecule has 0 spiro atoms. The Bertz CT molecular complexity index is 854. The van der Waals surface area contributed by atoms with Crippen LogP contribution in [0, 0.1) is 0 Å². The monoisotopic (exact) mass is 376 g/mol. The van der Waals surface area contributed by atoms with Crippen LogP contribution in [0.4, 0.5) is 10.5 Å². The van der Waals surface area contributed by atoms with Crippen molar-refractivity contribution in [2.75, 3.05) is 5.32 Å². The average molecular weight is 378 g/mol. The molecule has 0 aliphatic rings. The van der Waals surface area contributed by atoms with Gasteiger partial charge in [-0.25, -0.2) is 4.79 Å². The third kappa shape index (κ3) is 3.21. The van der Waals surface area contributed by atoms with Crippen molar-refractivity contribution in [2.45, 2.75) is 0 Å². The molecule has 0 saturated carbocycles. The van der Waals surface area contributed by atoms with Gasteiger partial charge in [0.1, 0.15) is 5.52 Å². The summed E-state index contributed by atoms with van der Waals surface area (Å²) >= 11 is 9.45. The van der Waals surface area contributed by atoms with Gasteiger partial charge in [-0.15, -0.1) is 0 Å². The number of halogens is 2. The molecule has 0 aliphatic carbocycles. The molecule has 0 bridgehead atoms. The van der Waals surface area contributed by atoms with Crippen molar-refractivity contribution >= 4 is 50.2 Å². The Kier molecular flexibility index (Phi) is 4.27. The predicted octanol–water partition coefficient (Wildman–Crippen LogP) is 5.26. The van der Waals surface area contributed by atoms with E-state index in [1.807, 2.05) is 18.2 Å². The first kappa shape index (κ1) is 14.8. The number of rotatable bonds is 2. The number of pyridine rings is 1. The van der Waals surface area contributed by atoms with Gasteiger partial charge < -0.3 is 4.74 Å². The van der Waals surface area contributed by atoms with Crippen molar-refractivity contribution in [3.8, 4) is 5.75 Å². The third-order valence-corrected chi connectivity index (χ3v) is 3.78. The number of carbonyl (C=O) groups excluding carboxylic acids is 1. The van der Waals surface area contributed by atoms with E-state index in [1.54, 1.807) is 36.5 Å². The number of anilines is 1. The summed E-state index contributed by atoms with van der Waals surface area (Å²) in [5.41, 5.74) is 1.17. The smallest absolute Gasteiger partial charge is 0.408 e. The van der Waals surface area contributed by atoms with Crippen molar-refractivity contribution in [1.82, 2.24) is 4.98 Å². The zero-order chi connectivity index (χ0) is 15.5. The number of nitrogens with one attached hydrogen (secondary N) is 1. The summed E-state index contributed by atoms with van der Waals surface area (Å²) in [5, 5.41) is 3.95. The van der Waals surface area contributed by atoms with Gasteiger partial charge in [-0.1, -0.05) is 33.6 Å². The molecule has 4 nitrogen and oxygen atoms in total. The number of fused-ring (bicyclic) bond motifs is 1. The van der Waals surface area contributed by atoms with E-state index in [0.717, 1.165) is 9.86 Å². The number of ether oxygens (including phenoxy) is 1. The van der Waals surface area contributed by atoms with E-state index in [9.17, 15) is 4.79 Å². The predicted molar refractivity (Wildman–Crippen MR) is 90.5 cm³/mol. The zero-order valence-electron chi connectivity index (χ0n) is 11.2. The highest BCUT2D eigenvalue weighted by molar-refractivity contribution is 9.10. The fourth-order valence-electron chi connectivity index (χ4n) is 2.00. The maximum absolute atomic E-state index is 12.0. The van der Waals surface area contributed by atoms with Crippen LogP contribution in [0.1, 0.15) is 0 Å². The van der Waals surface area contributed by atoms with Gasteiger partial charge in [-0.05, 0) is 42.5 Å². The van der Waals surface area contributed by atoms with Crippen LogP contribution in [0.15, 0.2) is 59.2 Å². The Morgan fingerprint density at radius 3 is 2.86 bits per heavy atom. The van der Waals surface area contributed by atoms with Gasteiger partial charge >= 0.3 is 6.09 Å². The molecule has 1 aromatic heterocycles. The Morgan fingerprint density at radius 2 is 2.05 bits per heavy atom. The number of carbonyl (C=O) groups is 1. The second kappa shape index (κ2) is 6.34. The molecule has 0 aliphatic heterocycles. The third-order valence-electron chi connectivity index (χ3n) is 2.95. The van der Waals surface area contributed by atoms with Crippen LogP contribution >= 0.6 is 27.5 Å². The lowest BCUT2D eigenvalue weighted by atomic mass is 10.2. The molecular formula is C16H10BrClN2O2. The molecule has 3 aromatic rings. The molecule has 6 heteroatoms. The van der Waals surface area contributed by atoms with Gasteiger partial charge in [-0.2, -0.15) is 0 Å². The van der Waals surface area contributed by atoms with Crippen LogP contribution < -0.4 is 10.1 Å². The van der Waals surface area contributed by atoms with Gasteiger partial charge in [0, 0.05) is 21.7 Å². The number of amides is 1. The van der Waals surface area contributed by atoms with E-state index in [-0.39, 0.29) is 0 Å². The molecule has 2 aromatic carbocycles. The average Bonchev–Trinajstić information content (AvgIpc) is 2.50. The minimum absolute atomic E-state index is 0.354. The highest BCUT2D eigenvalue weighted by Crippen LogP contribution is 2.29. The molecule has 22 heavy (non-hydrogen) atoms. The van der Waals surface area contributed by atoms with Gasteiger partial charge in [0.15, 0.2) is 5.75 Å². The van der Waals surface area contributed by atoms with E-state index in [1.165, 1.54) is 0 Å². The molecule has 0 radical (unpaired) electrons. The fourth-order valence-corrected chi connectivity index (χ4v) is 2.62. The molecule has 0 saturated heterocycles. The maximum Gasteiger partial charge on any atom is 0.417 e. The van der Waals surface area contributed by atoms with Gasteiger partial charge in [0.05, 0.1) is 5.02 Å². The lowest BCUT2D eigenvalue weighted by Gasteiger charge is -2.09. The summed E-state index contributed by atoms with van der Waals surface area (Å²) in [5.74, 6) is 0.354. The van der Waals surface area contributed by atoms with Crippen LogP contribution in [0.3, 0.4) is 0 Å². The Hall–Kier alpha value is -2.11. The van der Waals surface area contributed by atoms with Crippen molar-refractivity contribution in [1.29, 1.82) is 0 Å². The number of aromatic nitrogens is 1. The maximum atomic E-state index is 12.0. The molecule has 110 valence electrons. The number of hydrogen-bond donors (Lipinski definition) is 1. The fraction of sp³-hybridized carbons (Fsp3) is 0. The Balaban J connectivity index is 1.84. The first-order valence-corrected chi connectivity index (χ1v) is 7.58. The number of hydrogen-bond acceptors (Lipinski definition) is 3. The Labute approximate surface area is 140 Å². The van der Waals surface area contributed by atoms with Crippen LogP contribution in [0.5, 0.6) is 5.75 Å². The largest absolute Gasteiger partial charge is 0.417 e. The first-order chi connectivity index (χ1) is 10.6. The van der Waals surface area contributed by atoms with Gasteiger partial charge in [0.25, 0.3) is 0 Å².